The van der Waals surface area contributed by atoms with Gasteiger partial charge in [-0.15, -0.1) is 0 Å². The normalized spacial score (nSPS) is 19.3. The van der Waals surface area contributed by atoms with Gasteiger partial charge in [-0.05, 0) is 37.9 Å². The Morgan fingerprint density at radius 2 is 2.10 bits per heavy atom. The van der Waals surface area contributed by atoms with Crippen LogP contribution in [-0.4, -0.2) is 54.1 Å². The molecule has 1 saturated heterocycles. The first-order chi connectivity index (χ1) is 10.1. The lowest BCUT2D eigenvalue weighted by atomic mass is 10.0. The van der Waals surface area contributed by atoms with E-state index in [0.29, 0.717) is 12.6 Å². The van der Waals surface area contributed by atoms with E-state index in [2.05, 4.69) is 35.2 Å². The highest BCUT2D eigenvalue weighted by Crippen LogP contribution is 2.18. The average molecular weight is 294 g/mol. The monoisotopic (exact) mass is 294 g/mol. The van der Waals surface area contributed by atoms with E-state index in [1.54, 1.807) is 7.11 Å². The molecule has 5 nitrogen and oxygen atoms in total. The van der Waals surface area contributed by atoms with Crippen LogP contribution in [0.2, 0.25) is 0 Å². The van der Waals surface area contributed by atoms with Crippen molar-refractivity contribution in [2.75, 3.05) is 33.4 Å². The molecule has 1 atom stereocenters. The number of nitrogens with one attached hydrogen (secondary N) is 1. The number of ether oxygens (including phenoxy) is 1. The molecule has 0 radical (unpaired) electrons. The number of hydrogen-bond acceptors (Lipinski definition) is 4. The van der Waals surface area contributed by atoms with Gasteiger partial charge < -0.3 is 15.0 Å². The molecule has 120 valence electrons. The van der Waals surface area contributed by atoms with Gasteiger partial charge >= 0.3 is 0 Å². The molecule has 0 unspecified atom stereocenters. The lowest BCUT2D eigenvalue weighted by Gasteiger charge is -2.35. The molecule has 1 N–H and O–H groups in total. The summed E-state index contributed by atoms with van der Waals surface area (Å²) in [5, 5.41) is 8.03. The zero-order valence-electron chi connectivity index (χ0n) is 13.9. The van der Waals surface area contributed by atoms with Crippen LogP contribution in [0.15, 0.2) is 12.3 Å². The molecule has 1 aromatic rings. The molecular formula is C16H30N4O. The fourth-order valence-electron chi connectivity index (χ4n) is 3.19. The molecular weight excluding hydrogens is 264 g/mol. The van der Waals surface area contributed by atoms with Crippen molar-refractivity contribution in [1.82, 2.24) is 20.0 Å². The minimum Gasteiger partial charge on any atom is -0.383 e. The summed E-state index contributed by atoms with van der Waals surface area (Å²) >= 11 is 0. The lowest BCUT2D eigenvalue weighted by Crippen LogP contribution is -2.45. The third-order valence-corrected chi connectivity index (χ3v) is 4.20. The summed E-state index contributed by atoms with van der Waals surface area (Å²) in [7, 11) is 3.75. The first kappa shape index (κ1) is 16.5. The van der Waals surface area contributed by atoms with Gasteiger partial charge in [0.2, 0.25) is 0 Å². The molecule has 1 aliphatic rings. The van der Waals surface area contributed by atoms with Gasteiger partial charge in [0.05, 0.1) is 18.3 Å². The van der Waals surface area contributed by atoms with Gasteiger partial charge in [0, 0.05) is 32.9 Å². The van der Waals surface area contributed by atoms with Crippen LogP contribution >= 0.6 is 0 Å². The number of hydrogen-bond donors (Lipinski definition) is 1. The predicted octanol–water partition coefficient (Wildman–Crippen LogP) is 1.82. The van der Waals surface area contributed by atoms with Gasteiger partial charge in [-0.2, -0.15) is 5.10 Å². The Kier molecular flexibility index (Phi) is 6.21. The number of likely N-dealkylation sites (tertiary alicyclic amines) is 1. The highest BCUT2D eigenvalue weighted by molar-refractivity contribution is 5.07. The Hall–Kier alpha value is -0.910. The van der Waals surface area contributed by atoms with E-state index in [0.717, 1.165) is 5.92 Å². The third kappa shape index (κ3) is 4.80. The second kappa shape index (κ2) is 7.92. The topological polar surface area (TPSA) is 42.3 Å². The van der Waals surface area contributed by atoms with Gasteiger partial charge in [0.25, 0.3) is 0 Å². The molecule has 21 heavy (non-hydrogen) atoms. The second-order valence-corrected chi connectivity index (χ2v) is 6.52. The Balaban J connectivity index is 1.86. The maximum Gasteiger partial charge on any atom is 0.0731 e. The highest BCUT2D eigenvalue weighted by Gasteiger charge is 2.23. The standard InChI is InChI=1S/C16H30N4O/c1-13(2)11-20-9-6-14(7-10-20)18-15(12-21-4)16-5-8-17-19(16)3/h5,8,13-15,18H,6-7,9-12H2,1-4H3/t15-/m0/s1. The van der Waals surface area contributed by atoms with Gasteiger partial charge in [-0.3, -0.25) is 4.68 Å². The summed E-state index contributed by atoms with van der Waals surface area (Å²) < 4.78 is 7.32. The van der Waals surface area contributed by atoms with Gasteiger partial charge in [-0.1, -0.05) is 13.8 Å². The number of piperidine rings is 1. The number of methoxy groups -OCH3 is 1. The van der Waals surface area contributed by atoms with Gasteiger partial charge in [-0.25, -0.2) is 0 Å². The van der Waals surface area contributed by atoms with Gasteiger partial charge in [0.1, 0.15) is 0 Å². The molecule has 0 bridgehead atoms. The van der Waals surface area contributed by atoms with Crippen LogP contribution in [0.4, 0.5) is 0 Å². The molecule has 5 heteroatoms. The number of aryl methyl sites for hydroxylation is 1. The fourth-order valence-corrected chi connectivity index (χ4v) is 3.19. The predicted molar refractivity (Wildman–Crippen MR) is 85.3 cm³/mol. The van der Waals surface area contributed by atoms with E-state index in [4.69, 9.17) is 4.74 Å². The van der Waals surface area contributed by atoms with Crippen molar-refractivity contribution >= 4 is 0 Å². The summed E-state index contributed by atoms with van der Waals surface area (Å²) in [6, 6.07) is 2.87. The molecule has 0 aliphatic carbocycles. The zero-order valence-corrected chi connectivity index (χ0v) is 13.9. The Labute approximate surface area is 128 Å². The van der Waals surface area contributed by atoms with E-state index in [-0.39, 0.29) is 6.04 Å². The Morgan fingerprint density at radius 3 is 2.62 bits per heavy atom. The van der Waals surface area contributed by atoms with Crippen molar-refractivity contribution in [2.45, 2.75) is 38.8 Å². The maximum atomic E-state index is 5.38. The first-order valence-corrected chi connectivity index (χ1v) is 8.05. The summed E-state index contributed by atoms with van der Waals surface area (Å²) in [6.07, 6.45) is 4.28. The molecule has 1 aromatic heterocycles. The van der Waals surface area contributed by atoms with Crippen LogP contribution in [0.3, 0.4) is 0 Å². The SMILES string of the molecule is COC[C@H](NC1CCN(CC(C)C)CC1)c1ccnn1C. The van der Waals surface area contributed by atoms with Crippen LogP contribution in [0.25, 0.3) is 0 Å². The van der Waals surface area contributed by atoms with Crippen molar-refractivity contribution in [3.05, 3.63) is 18.0 Å². The maximum absolute atomic E-state index is 5.38. The van der Waals surface area contributed by atoms with E-state index in [9.17, 15) is 0 Å². The van der Waals surface area contributed by atoms with E-state index < -0.39 is 0 Å². The van der Waals surface area contributed by atoms with Crippen LogP contribution in [-0.2, 0) is 11.8 Å². The summed E-state index contributed by atoms with van der Waals surface area (Å²) in [5.74, 6) is 0.755. The molecule has 0 aromatic carbocycles. The van der Waals surface area contributed by atoms with Crippen LogP contribution in [0, 0.1) is 5.92 Å². The number of aromatic nitrogens is 2. The first-order valence-electron chi connectivity index (χ1n) is 8.05. The zero-order chi connectivity index (χ0) is 15.2. The summed E-state index contributed by atoms with van der Waals surface area (Å²) in [4.78, 5) is 2.58. The smallest absolute Gasteiger partial charge is 0.0731 e. The van der Waals surface area contributed by atoms with Crippen molar-refractivity contribution in [2.24, 2.45) is 13.0 Å². The fraction of sp³-hybridized carbons (Fsp3) is 0.812. The third-order valence-electron chi connectivity index (χ3n) is 4.20. The largest absolute Gasteiger partial charge is 0.383 e. The number of rotatable bonds is 7. The van der Waals surface area contributed by atoms with E-state index in [1.807, 2.05) is 17.9 Å². The Morgan fingerprint density at radius 1 is 1.38 bits per heavy atom. The summed E-state index contributed by atoms with van der Waals surface area (Å²) in [6.45, 7) is 8.88. The van der Waals surface area contributed by atoms with Crippen molar-refractivity contribution in [1.29, 1.82) is 0 Å². The molecule has 0 spiro atoms. The van der Waals surface area contributed by atoms with E-state index in [1.165, 1.54) is 38.2 Å². The Bertz CT molecular complexity index is 410. The quantitative estimate of drug-likeness (QED) is 0.833. The number of nitrogens with zero attached hydrogens (tertiary/aromatic N) is 3. The second-order valence-electron chi connectivity index (χ2n) is 6.52. The average Bonchev–Trinajstić information content (AvgIpc) is 2.86. The minimum absolute atomic E-state index is 0.226. The minimum atomic E-state index is 0.226. The molecule has 1 aliphatic heterocycles. The van der Waals surface area contributed by atoms with Crippen LogP contribution in [0.5, 0.6) is 0 Å². The lowest BCUT2D eigenvalue weighted by molar-refractivity contribution is 0.135. The molecule has 1 fully saturated rings. The van der Waals surface area contributed by atoms with Crippen molar-refractivity contribution in [3.8, 4) is 0 Å². The van der Waals surface area contributed by atoms with Crippen LogP contribution in [0.1, 0.15) is 38.4 Å². The molecule has 2 rings (SSSR count). The van der Waals surface area contributed by atoms with Gasteiger partial charge in [0.15, 0.2) is 0 Å². The van der Waals surface area contributed by atoms with Crippen molar-refractivity contribution in [3.63, 3.8) is 0 Å². The summed E-state index contributed by atoms with van der Waals surface area (Å²) in [5.41, 5.74) is 1.20. The molecule has 0 saturated carbocycles. The van der Waals surface area contributed by atoms with Crippen LogP contribution < -0.4 is 5.32 Å². The highest BCUT2D eigenvalue weighted by atomic mass is 16.5. The molecule has 0 amide bonds. The molecule has 2 heterocycles. The van der Waals surface area contributed by atoms with Crippen molar-refractivity contribution < 1.29 is 4.74 Å². The van der Waals surface area contributed by atoms with E-state index >= 15 is 0 Å².